The number of hydrogen-bond acceptors (Lipinski definition) is 3. The zero-order valence-corrected chi connectivity index (χ0v) is 12.5. The Labute approximate surface area is 135 Å². The molecule has 1 aromatic carbocycles. The van der Waals surface area contributed by atoms with Gasteiger partial charge in [0.1, 0.15) is 5.56 Å². The molecule has 0 atom stereocenters. The number of ether oxygens (including phenoxy) is 1. The van der Waals surface area contributed by atoms with Crippen molar-refractivity contribution in [3.05, 3.63) is 51.4 Å². The average Bonchev–Trinajstić information content (AvgIpc) is 2.87. The Hall–Kier alpha value is -2.72. The van der Waals surface area contributed by atoms with Crippen molar-refractivity contribution in [1.29, 1.82) is 0 Å². The maximum Gasteiger partial charge on any atom is 0.416 e. The Morgan fingerprint density at radius 1 is 1.08 bits per heavy atom. The molecule has 25 heavy (non-hydrogen) atoms. The van der Waals surface area contributed by atoms with Crippen LogP contribution in [0.4, 0.5) is 26.3 Å². The first kappa shape index (κ1) is 18.6. The Kier molecular flexibility index (Phi) is 4.69. The van der Waals surface area contributed by atoms with Crippen LogP contribution >= 0.6 is 0 Å². The van der Waals surface area contributed by atoms with Gasteiger partial charge in [-0.1, -0.05) is 0 Å². The Bertz CT molecular complexity index is 815. The summed E-state index contributed by atoms with van der Waals surface area (Å²) in [6.07, 6.45) is -9.28. The number of hydrogen-bond donors (Lipinski definition) is 1. The van der Waals surface area contributed by atoms with E-state index >= 15 is 0 Å². The lowest BCUT2D eigenvalue weighted by atomic mass is 10.1. The highest BCUT2D eigenvalue weighted by Gasteiger charge is 2.37. The average molecular weight is 368 g/mol. The van der Waals surface area contributed by atoms with E-state index in [1.165, 1.54) is 6.92 Å². The largest absolute Gasteiger partial charge is 0.462 e. The van der Waals surface area contributed by atoms with Crippen molar-refractivity contribution in [3.63, 3.8) is 0 Å². The van der Waals surface area contributed by atoms with Crippen LogP contribution in [-0.4, -0.2) is 22.4 Å². The van der Waals surface area contributed by atoms with Gasteiger partial charge in [0.2, 0.25) is 0 Å². The molecule has 5 nitrogen and oxygen atoms in total. The lowest BCUT2D eigenvalue weighted by Gasteiger charge is -2.14. The maximum absolute atomic E-state index is 12.8. The molecule has 1 aromatic heterocycles. The number of alkyl halides is 6. The van der Waals surface area contributed by atoms with Gasteiger partial charge in [-0.25, -0.2) is 9.48 Å². The minimum Gasteiger partial charge on any atom is -0.462 e. The van der Waals surface area contributed by atoms with Gasteiger partial charge in [-0.3, -0.25) is 9.89 Å². The van der Waals surface area contributed by atoms with Gasteiger partial charge in [-0.2, -0.15) is 26.3 Å². The number of aromatic nitrogens is 2. The van der Waals surface area contributed by atoms with Crippen molar-refractivity contribution >= 4 is 5.97 Å². The number of carbonyl (C=O) groups excluding carboxylic acids is 1. The van der Waals surface area contributed by atoms with E-state index in [1.54, 1.807) is 0 Å². The summed E-state index contributed by atoms with van der Waals surface area (Å²) in [6, 6.07) is 0.661. The van der Waals surface area contributed by atoms with E-state index in [2.05, 4.69) is 9.84 Å². The number of aromatic amines is 1. The zero-order valence-electron chi connectivity index (χ0n) is 12.5. The van der Waals surface area contributed by atoms with E-state index in [4.69, 9.17) is 0 Å². The van der Waals surface area contributed by atoms with Gasteiger partial charge >= 0.3 is 18.3 Å². The standard InChI is InChI=1S/C14H10F6N2O3/c1-2-25-12(24)10-6-21-22(11(10)23)9-4-7(13(15,16)17)3-8(5-9)14(18,19)20/h3-6,21H,2H2,1H3. The van der Waals surface area contributed by atoms with Gasteiger partial charge in [0.05, 0.1) is 23.4 Å². The van der Waals surface area contributed by atoms with E-state index in [1.807, 2.05) is 0 Å². The molecule has 0 fully saturated rings. The molecule has 0 aliphatic carbocycles. The van der Waals surface area contributed by atoms with Gasteiger partial charge in [0.15, 0.2) is 0 Å². The van der Waals surface area contributed by atoms with Crippen molar-refractivity contribution in [2.24, 2.45) is 0 Å². The van der Waals surface area contributed by atoms with E-state index in [0.29, 0.717) is 16.8 Å². The summed E-state index contributed by atoms with van der Waals surface area (Å²) >= 11 is 0. The van der Waals surface area contributed by atoms with E-state index in [-0.39, 0.29) is 12.7 Å². The zero-order chi connectivity index (χ0) is 19.0. The molecule has 0 saturated heterocycles. The molecule has 0 unspecified atom stereocenters. The summed E-state index contributed by atoms with van der Waals surface area (Å²) < 4.78 is 82.1. The van der Waals surface area contributed by atoms with E-state index < -0.39 is 46.3 Å². The molecule has 11 heteroatoms. The van der Waals surface area contributed by atoms with Gasteiger partial charge in [-0.15, -0.1) is 0 Å². The molecule has 0 bridgehead atoms. The summed E-state index contributed by atoms with van der Waals surface area (Å²) in [7, 11) is 0. The highest BCUT2D eigenvalue weighted by molar-refractivity contribution is 5.88. The molecule has 0 aliphatic heterocycles. The Balaban J connectivity index is 2.64. The molecule has 1 heterocycles. The summed E-state index contributed by atoms with van der Waals surface area (Å²) in [5.74, 6) is -1.05. The molecule has 0 saturated carbocycles. The fourth-order valence-electron chi connectivity index (χ4n) is 1.98. The minimum absolute atomic E-state index is 0.0643. The number of rotatable bonds is 3. The molecule has 136 valence electrons. The van der Waals surface area contributed by atoms with Crippen molar-refractivity contribution in [1.82, 2.24) is 9.78 Å². The lowest BCUT2D eigenvalue weighted by Crippen LogP contribution is -2.22. The van der Waals surface area contributed by atoms with Crippen molar-refractivity contribution in [2.45, 2.75) is 19.3 Å². The molecular weight excluding hydrogens is 358 g/mol. The number of esters is 1. The van der Waals surface area contributed by atoms with Crippen LogP contribution in [0.2, 0.25) is 0 Å². The number of halogens is 6. The first-order valence-electron chi connectivity index (χ1n) is 6.72. The second kappa shape index (κ2) is 6.30. The molecule has 0 amide bonds. The van der Waals surface area contributed by atoms with E-state index in [9.17, 15) is 35.9 Å². The summed E-state index contributed by atoms with van der Waals surface area (Å²) in [5, 5.41) is 2.16. The molecule has 0 aliphatic rings. The maximum atomic E-state index is 12.8. The third-order valence-electron chi connectivity index (χ3n) is 3.10. The number of H-pyrrole nitrogens is 1. The highest BCUT2D eigenvalue weighted by atomic mass is 19.4. The van der Waals surface area contributed by atoms with Crippen molar-refractivity contribution in [3.8, 4) is 5.69 Å². The van der Waals surface area contributed by atoms with Crippen molar-refractivity contribution in [2.75, 3.05) is 6.61 Å². The van der Waals surface area contributed by atoms with Gasteiger partial charge < -0.3 is 4.74 Å². The van der Waals surface area contributed by atoms with Crippen molar-refractivity contribution < 1.29 is 35.9 Å². The third kappa shape index (κ3) is 3.86. The predicted octanol–water partition coefficient (Wildman–Crippen LogP) is 3.38. The van der Waals surface area contributed by atoms with Crippen LogP contribution in [0.3, 0.4) is 0 Å². The third-order valence-corrected chi connectivity index (χ3v) is 3.10. The predicted molar refractivity (Wildman–Crippen MR) is 72.4 cm³/mol. The smallest absolute Gasteiger partial charge is 0.416 e. The number of carbonyl (C=O) groups is 1. The minimum atomic E-state index is -5.06. The van der Waals surface area contributed by atoms with Gasteiger partial charge in [0.25, 0.3) is 5.56 Å². The van der Waals surface area contributed by atoms with Crippen LogP contribution in [0, 0.1) is 0 Å². The van der Waals surface area contributed by atoms with Crippen LogP contribution in [0.5, 0.6) is 0 Å². The summed E-state index contributed by atoms with van der Waals surface area (Å²) in [5.41, 5.74) is -5.57. The number of nitrogens with zero attached hydrogens (tertiary/aromatic N) is 1. The molecule has 0 radical (unpaired) electrons. The summed E-state index contributed by atoms with van der Waals surface area (Å²) in [6.45, 7) is 1.40. The normalized spacial score (nSPS) is 12.3. The molecule has 2 rings (SSSR count). The van der Waals surface area contributed by atoms with Crippen LogP contribution in [-0.2, 0) is 17.1 Å². The molecule has 0 spiro atoms. The topological polar surface area (TPSA) is 64.1 Å². The monoisotopic (exact) mass is 368 g/mol. The van der Waals surface area contributed by atoms with Gasteiger partial charge in [0, 0.05) is 6.20 Å². The fraction of sp³-hybridized carbons (Fsp3) is 0.286. The van der Waals surface area contributed by atoms with E-state index in [0.717, 1.165) is 6.20 Å². The lowest BCUT2D eigenvalue weighted by molar-refractivity contribution is -0.143. The van der Waals surface area contributed by atoms with Crippen LogP contribution in [0.1, 0.15) is 28.4 Å². The number of nitrogens with one attached hydrogen (secondary N) is 1. The Morgan fingerprint density at radius 3 is 2.04 bits per heavy atom. The Morgan fingerprint density at radius 2 is 1.60 bits per heavy atom. The van der Waals surface area contributed by atoms with Crippen LogP contribution in [0.15, 0.2) is 29.2 Å². The second-order valence-electron chi connectivity index (χ2n) is 4.81. The fourth-order valence-corrected chi connectivity index (χ4v) is 1.98. The first-order chi connectivity index (χ1) is 11.4. The van der Waals surface area contributed by atoms with Gasteiger partial charge in [-0.05, 0) is 25.1 Å². The quantitative estimate of drug-likeness (QED) is 0.667. The number of benzene rings is 1. The summed E-state index contributed by atoms with van der Waals surface area (Å²) in [4.78, 5) is 23.6. The second-order valence-corrected chi connectivity index (χ2v) is 4.81. The molecular formula is C14H10F6N2O3. The SMILES string of the molecule is CCOC(=O)c1c[nH]n(-c2cc(C(F)(F)F)cc(C(F)(F)F)c2)c1=O. The molecule has 1 N–H and O–H groups in total. The molecule has 2 aromatic rings. The van der Waals surface area contributed by atoms with Crippen LogP contribution < -0.4 is 5.56 Å². The van der Waals surface area contributed by atoms with Crippen LogP contribution in [0.25, 0.3) is 5.69 Å². The highest BCUT2D eigenvalue weighted by Crippen LogP contribution is 2.36. The first-order valence-corrected chi connectivity index (χ1v) is 6.72.